The molecule has 1 nitrogen and oxygen atoms in total. The summed E-state index contributed by atoms with van der Waals surface area (Å²) in [6, 6.07) is 23.8. The molecule has 1 aliphatic carbocycles. The molecule has 1 aliphatic heterocycles. The normalized spacial score (nSPS) is 18.4. The Kier molecular flexibility index (Phi) is 9.37. The van der Waals surface area contributed by atoms with Crippen molar-refractivity contribution < 1.29 is 17.1 Å². The first kappa shape index (κ1) is 21.6. The van der Waals surface area contributed by atoms with Crippen LogP contribution in [0.3, 0.4) is 0 Å². The summed E-state index contributed by atoms with van der Waals surface area (Å²) in [7, 11) is -0.409. The van der Waals surface area contributed by atoms with E-state index in [4.69, 9.17) is 0 Å². The zero-order valence-electron chi connectivity index (χ0n) is 15.0. The van der Waals surface area contributed by atoms with E-state index in [1.165, 1.54) is 16.3 Å². The largest absolute Gasteiger partial charge is 2.00 e. The maximum atomic E-state index is 4.11. The summed E-state index contributed by atoms with van der Waals surface area (Å²) in [5.74, 6) is 0. The van der Waals surface area contributed by atoms with Gasteiger partial charge in [-0.15, -0.1) is 0 Å². The van der Waals surface area contributed by atoms with Gasteiger partial charge in [0.15, 0.2) is 0 Å². The van der Waals surface area contributed by atoms with Crippen LogP contribution in [0.2, 0.25) is 0 Å². The fourth-order valence-corrected chi connectivity index (χ4v) is 5.01. The summed E-state index contributed by atoms with van der Waals surface area (Å²) >= 11 is 0. The number of nitrogens with zero attached hydrogens (tertiary/aromatic N) is 1. The van der Waals surface area contributed by atoms with Gasteiger partial charge < -0.3 is 0 Å². The minimum absolute atomic E-state index is 0. The molecular formula is C23H22FeNP+2. The molecule has 26 heavy (non-hydrogen) atoms. The Bertz CT molecular complexity index is 565. The van der Waals surface area contributed by atoms with Crippen LogP contribution in [0.4, 0.5) is 0 Å². The first-order valence-electron chi connectivity index (χ1n) is 8.43. The Morgan fingerprint density at radius 1 is 0.615 bits per heavy atom. The van der Waals surface area contributed by atoms with Crippen molar-refractivity contribution in [3.8, 4) is 0 Å². The average Bonchev–Trinajstić information content (AvgIpc) is 3.30. The van der Waals surface area contributed by atoms with E-state index in [1.54, 1.807) is 0 Å². The van der Waals surface area contributed by atoms with E-state index in [0.717, 1.165) is 12.1 Å². The van der Waals surface area contributed by atoms with Crippen molar-refractivity contribution in [3.05, 3.63) is 117 Å². The van der Waals surface area contributed by atoms with Crippen LogP contribution in [0.5, 0.6) is 0 Å². The van der Waals surface area contributed by atoms with Crippen molar-refractivity contribution in [2.75, 3.05) is 0 Å². The van der Waals surface area contributed by atoms with E-state index in [1.807, 2.05) is 26.7 Å². The van der Waals surface area contributed by atoms with Crippen LogP contribution in [0, 0.1) is 56.3 Å². The molecule has 2 fully saturated rings. The van der Waals surface area contributed by atoms with Gasteiger partial charge in [-0.05, 0) is 70.9 Å². The van der Waals surface area contributed by atoms with Crippen LogP contribution in [0.25, 0.3) is 0 Å². The predicted octanol–water partition coefficient (Wildman–Crippen LogP) is 4.60. The number of rotatable bonds is 3. The third kappa shape index (κ3) is 6.21. The van der Waals surface area contributed by atoms with Gasteiger partial charge in [0.05, 0.1) is 12.1 Å². The van der Waals surface area contributed by atoms with Crippen molar-refractivity contribution in [2.24, 2.45) is 0 Å². The molecular weight excluding hydrogens is 377 g/mol. The quantitative estimate of drug-likeness (QED) is 0.529. The summed E-state index contributed by atoms with van der Waals surface area (Å²) in [5, 5.41) is 6.93. The molecule has 2 aromatic carbocycles. The van der Waals surface area contributed by atoms with E-state index < -0.39 is 7.92 Å². The van der Waals surface area contributed by atoms with Crippen LogP contribution in [0.15, 0.2) is 60.7 Å². The Hall–Kier alpha value is -0.651. The van der Waals surface area contributed by atoms with Gasteiger partial charge >= 0.3 is 17.1 Å². The Morgan fingerprint density at radius 2 is 1.04 bits per heavy atom. The van der Waals surface area contributed by atoms with Gasteiger partial charge in [-0.2, -0.15) is 0 Å². The van der Waals surface area contributed by atoms with Gasteiger partial charge in [-0.1, -0.05) is 60.7 Å². The van der Waals surface area contributed by atoms with Gasteiger partial charge in [0.25, 0.3) is 0 Å². The summed E-state index contributed by atoms with van der Waals surface area (Å²) < 4.78 is 0. The monoisotopic (exact) mass is 399 g/mol. The van der Waals surface area contributed by atoms with E-state index in [2.05, 4.69) is 91.7 Å². The average molecular weight is 399 g/mol. The molecule has 1 heterocycles. The minimum atomic E-state index is -0.409. The second-order valence-electron chi connectivity index (χ2n) is 5.88. The van der Waals surface area contributed by atoms with Crippen LogP contribution >= 0.6 is 7.92 Å². The van der Waals surface area contributed by atoms with Crippen LogP contribution < -0.4 is 15.9 Å². The predicted molar refractivity (Wildman–Crippen MR) is 108 cm³/mol. The molecule has 10 radical (unpaired) electrons. The fraction of sp³-hybridized carbons (Fsp3) is 0.0870. The maximum absolute atomic E-state index is 4.11. The SMILES string of the molecule is C[C]1[CH][CH][C](C)[N]1.[CH]1[CH][CH][C](P(c2ccccc2)c2ccccc2)[CH]1.[Fe+2]. The molecule has 3 heteroatoms. The van der Waals surface area contributed by atoms with Crippen LogP contribution in [-0.4, -0.2) is 0 Å². The summed E-state index contributed by atoms with van der Waals surface area (Å²) in [6.07, 6.45) is 12.7. The smallest absolute Gasteiger partial charge is 0.224 e. The fourth-order valence-electron chi connectivity index (χ4n) is 2.71. The molecule has 1 saturated heterocycles. The van der Waals surface area contributed by atoms with Crippen LogP contribution in [0.1, 0.15) is 13.8 Å². The molecule has 1 saturated carbocycles. The minimum Gasteiger partial charge on any atom is -0.224 e. The Labute approximate surface area is 171 Å². The Balaban J connectivity index is 0.000000258. The zero-order valence-corrected chi connectivity index (χ0v) is 17.0. The number of benzene rings is 2. The molecule has 0 unspecified atom stereocenters. The second-order valence-corrected chi connectivity index (χ2v) is 8.10. The molecule has 0 aromatic heterocycles. The second kappa shape index (κ2) is 11.3. The number of hydrogen-bond acceptors (Lipinski definition) is 0. The van der Waals surface area contributed by atoms with Crippen molar-refractivity contribution >= 4 is 18.5 Å². The molecule has 0 bridgehead atoms. The van der Waals surface area contributed by atoms with Gasteiger partial charge in [0, 0.05) is 5.66 Å². The van der Waals surface area contributed by atoms with Gasteiger partial charge in [-0.25, -0.2) is 5.32 Å². The molecule has 0 N–H and O–H groups in total. The van der Waals surface area contributed by atoms with Crippen molar-refractivity contribution in [3.63, 3.8) is 0 Å². The molecule has 0 amide bonds. The third-order valence-electron chi connectivity index (χ3n) is 3.85. The van der Waals surface area contributed by atoms with Crippen molar-refractivity contribution in [1.82, 2.24) is 5.32 Å². The Morgan fingerprint density at radius 3 is 1.38 bits per heavy atom. The molecule has 2 aliphatic rings. The standard InChI is InChI=1S/C17H14P.C6H8N.Fe/c1-3-9-15(10-4-1)18(17-13-7-8-14-17)16-11-5-2-6-12-16;1-5-3-4-6(2)7-5;/h1-14H;3-4H,1-2H3;/q;;+2. The molecule has 2 aromatic rings. The van der Waals surface area contributed by atoms with E-state index >= 15 is 0 Å². The van der Waals surface area contributed by atoms with Gasteiger partial charge in [-0.3, -0.25) is 0 Å². The first-order valence-corrected chi connectivity index (χ1v) is 9.77. The van der Waals surface area contributed by atoms with Crippen molar-refractivity contribution in [2.45, 2.75) is 13.8 Å². The van der Waals surface area contributed by atoms with Crippen LogP contribution in [-0.2, 0) is 17.1 Å². The summed E-state index contributed by atoms with van der Waals surface area (Å²) in [5.41, 5.74) is 1.42. The topological polar surface area (TPSA) is 14.1 Å². The molecule has 0 spiro atoms. The number of hydrogen-bond donors (Lipinski definition) is 0. The zero-order chi connectivity index (χ0) is 17.5. The summed E-state index contributed by atoms with van der Waals surface area (Å²) in [4.78, 5) is 0. The van der Waals surface area contributed by atoms with Gasteiger partial charge in [0.2, 0.25) is 0 Å². The van der Waals surface area contributed by atoms with E-state index in [0.29, 0.717) is 0 Å². The first-order chi connectivity index (χ1) is 12.2. The van der Waals surface area contributed by atoms with E-state index in [-0.39, 0.29) is 17.1 Å². The third-order valence-corrected chi connectivity index (χ3v) is 6.29. The molecule has 0 atom stereocenters. The van der Waals surface area contributed by atoms with Gasteiger partial charge in [0.1, 0.15) is 0 Å². The van der Waals surface area contributed by atoms with E-state index in [9.17, 15) is 0 Å². The molecule has 4 rings (SSSR count). The molecule has 130 valence electrons. The maximum Gasteiger partial charge on any atom is 2.00 e. The summed E-state index contributed by atoms with van der Waals surface area (Å²) in [6.45, 7) is 3.99. The van der Waals surface area contributed by atoms with Crippen molar-refractivity contribution in [1.29, 1.82) is 0 Å².